The number of likely N-dealkylation sites (tertiary alicyclic amines) is 1. The van der Waals surface area contributed by atoms with Crippen LogP contribution in [0, 0.1) is 17.8 Å². The molecule has 2 bridgehead atoms. The number of fused-ring (bicyclic) bond motifs is 1. The summed E-state index contributed by atoms with van der Waals surface area (Å²) in [6, 6.07) is 6.66. The molecular weight excluding hydrogens is 654 g/mol. The minimum absolute atomic E-state index is 0.0930. The van der Waals surface area contributed by atoms with Crippen molar-refractivity contribution in [3.63, 3.8) is 0 Å². The molecule has 0 radical (unpaired) electrons. The molecule has 3 aliphatic heterocycles. The van der Waals surface area contributed by atoms with Crippen molar-refractivity contribution in [2.45, 2.75) is 94.1 Å². The van der Waals surface area contributed by atoms with Crippen LogP contribution in [-0.4, -0.2) is 93.0 Å². The number of nitrogens with zero attached hydrogens (tertiary/aromatic N) is 2. The Morgan fingerprint density at radius 2 is 1.91 bits per heavy atom. The standard InChI is InChI=1S/C35H48BrN3O7/c1-7-10-16-27(41)45-20-25(23-14-12-11-13-15-23)37-32(42)28-29-33(43)39(26(19-40)22(6)9-3)31(34(44)38(17-8-2)21(4)5)35(29)18-24(36)30(28)46-35/h7-8,11-15,21-22,24-26,28-31,40H,1-2,9-10,16-20H2,3-6H3,(H,37,42)/t22-,24?,25+,26-,28+,29-,30+,31+,35-/m0/s1. The maximum absolute atomic E-state index is 14.6. The first-order chi connectivity index (χ1) is 22.0. The van der Waals surface area contributed by atoms with Gasteiger partial charge >= 0.3 is 5.97 Å². The van der Waals surface area contributed by atoms with Crippen molar-refractivity contribution in [1.82, 2.24) is 15.1 Å². The fraction of sp³-hybridized carbons (Fsp3) is 0.600. The summed E-state index contributed by atoms with van der Waals surface area (Å²) in [5.41, 5.74) is -0.535. The fourth-order valence-electron chi connectivity index (χ4n) is 7.31. The number of carbonyl (C=O) groups excluding carboxylic acids is 4. The molecule has 3 amide bonds. The van der Waals surface area contributed by atoms with Gasteiger partial charge in [-0.3, -0.25) is 19.2 Å². The average Bonchev–Trinajstić information content (AvgIpc) is 3.64. The van der Waals surface area contributed by atoms with Gasteiger partial charge in [-0.15, -0.1) is 13.2 Å². The monoisotopic (exact) mass is 701 g/mol. The summed E-state index contributed by atoms with van der Waals surface area (Å²) in [5, 5.41) is 13.7. The SMILES string of the molecule is C=CCCC(=O)OC[C@@H](NC(=O)[C@H]1[C@@H]2O[C@@]3(CC2Br)[C@@H]1C(=O)N([C@@H](CO)[C@@H](C)CC)[C@@H]3C(=O)N(CC=C)C(C)C)c1ccccc1. The molecule has 0 aromatic heterocycles. The van der Waals surface area contributed by atoms with Crippen LogP contribution in [0.15, 0.2) is 55.6 Å². The zero-order chi connectivity index (χ0) is 33.8. The summed E-state index contributed by atoms with van der Waals surface area (Å²) < 4.78 is 12.2. The number of hydrogen-bond acceptors (Lipinski definition) is 7. The van der Waals surface area contributed by atoms with Gasteiger partial charge in [-0.05, 0) is 38.2 Å². The van der Waals surface area contributed by atoms with E-state index in [2.05, 4.69) is 34.4 Å². The third kappa shape index (κ3) is 6.69. The highest BCUT2D eigenvalue weighted by atomic mass is 79.9. The number of halogens is 1. The van der Waals surface area contributed by atoms with Crippen LogP contribution in [0.5, 0.6) is 0 Å². The fourth-order valence-corrected chi connectivity index (χ4v) is 8.26. The number of aliphatic hydroxyl groups excluding tert-OH is 1. The minimum atomic E-state index is -1.27. The van der Waals surface area contributed by atoms with E-state index in [9.17, 15) is 24.3 Å². The largest absolute Gasteiger partial charge is 0.463 e. The zero-order valence-corrected chi connectivity index (χ0v) is 28.9. The lowest BCUT2D eigenvalue weighted by Gasteiger charge is -2.41. The van der Waals surface area contributed by atoms with Crippen molar-refractivity contribution in [1.29, 1.82) is 0 Å². The summed E-state index contributed by atoms with van der Waals surface area (Å²) in [5.74, 6) is -3.46. The molecule has 11 heteroatoms. The summed E-state index contributed by atoms with van der Waals surface area (Å²) in [6.45, 7) is 15.0. The van der Waals surface area contributed by atoms with E-state index >= 15 is 0 Å². The molecule has 2 N–H and O–H groups in total. The lowest BCUT2D eigenvalue weighted by Crippen LogP contribution is -2.60. The summed E-state index contributed by atoms with van der Waals surface area (Å²) in [7, 11) is 0. The summed E-state index contributed by atoms with van der Waals surface area (Å²) in [4.78, 5) is 58.7. The van der Waals surface area contributed by atoms with Crippen LogP contribution in [-0.2, 0) is 28.7 Å². The average molecular weight is 703 g/mol. The van der Waals surface area contributed by atoms with Crippen molar-refractivity contribution in [2.24, 2.45) is 17.8 Å². The highest BCUT2D eigenvalue weighted by Gasteiger charge is 2.77. The lowest BCUT2D eigenvalue weighted by molar-refractivity contribution is -0.153. The van der Waals surface area contributed by atoms with Gasteiger partial charge in [-0.25, -0.2) is 0 Å². The maximum atomic E-state index is 14.6. The topological polar surface area (TPSA) is 125 Å². The third-order valence-corrected chi connectivity index (χ3v) is 10.7. The minimum Gasteiger partial charge on any atom is -0.463 e. The highest BCUT2D eigenvalue weighted by molar-refractivity contribution is 9.09. The number of rotatable bonds is 16. The highest BCUT2D eigenvalue weighted by Crippen LogP contribution is 2.61. The number of nitrogens with one attached hydrogen (secondary N) is 1. The molecular formula is C35H48BrN3O7. The van der Waals surface area contributed by atoms with Gasteiger partial charge in [0.2, 0.25) is 17.7 Å². The van der Waals surface area contributed by atoms with Gasteiger partial charge in [0, 0.05) is 23.8 Å². The smallest absolute Gasteiger partial charge is 0.306 e. The number of alkyl halides is 1. The Bertz CT molecular complexity index is 1290. The molecule has 1 spiro atoms. The van der Waals surface area contributed by atoms with Gasteiger partial charge in [0.15, 0.2) is 0 Å². The third-order valence-electron chi connectivity index (χ3n) is 9.82. The van der Waals surface area contributed by atoms with Crippen molar-refractivity contribution < 1.29 is 33.8 Å². The Morgan fingerprint density at radius 1 is 1.22 bits per heavy atom. The van der Waals surface area contributed by atoms with Crippen molar-refractivity contribution >= 4 is 39.6 Å². The van der Waals surface area contributed by atoms with Crippen LogP contribution in [0.4, 0.5) is 0 Å². The van der Waals surface area contributed by atoms with E-state index in [1.807, 2.05) is 58.0 Å². The van der Waals surface area contributed by atoms with Gasteiger partial charge in [0.1, 0.15) is 18.2 Å². The Labute approximate surface area is 280 Å². The number of aliphatic hydroxyl groups is 1. The zero-order valence-electron chi connectivity index (χ0n) is 27.3. The van der Waals surface area contributed by atoms with Gasteiger partial charge < -0.3 is 29.7 Å². The predicted octanol–water partition coefficient (Wildman–Crippen LogP) is 3.93. The van der Waals surface area contributed by atoms with Crippen LogP contribution in [0.25, 0.3) is 0 Å². The van der Waals surface area contributed by atoms with E-state index in [-0.39, 0.29) is 54.8 Å². The van der Waals surface area contributed by atoms with E-state index in [0.717, 1.165) is 5.56 Å². The van der Waals surface area contributed by atoms with Gasteiger partial charge in [-0.1, -0.05) is 78.7 Å². The molecule has 10 nitrogen and oxygen atoms in total. The first kappa shape index (κ1) is 35.8. The lowest BCUT2D eigenvalue weighted by atomic mass is 9.70. The number of allylic oxidation sites excluding steroid dienone is 1. The summed E-state index contributed by atoms with van der Waals surface area (Å²) in [6.07, 6.45) is 4.30. The van der Waals surface area contributed by atoms with E-state index in [4.69, 9.17) is 9.47 Å². The van der Waals surface area contributed by atoms with E-state index in [0.29, 0.717) is 19.3 Å². The molecule has 3 aliphatic rings. The molecule has 1 unspecified atom stereocenters. The molecule has 4 rings (SSSR count). The Morgan fingerprint density at radius 3 is 2.50 bits per heavy atom. The molecule has 0 saturated carbocycles. The van der Waals surface area contributed by atoms with Crippen molar-refractivity contribution in [3.8, 4) is 0 Å². The van der Waals surface area contributed by atoms with E-state index in [1.165, 1.54) is 4.90 Å². The molecule has 46 heavy (non-hydrogen) atoms. The number of benzene rings is 1. The van der Waals surface area contributed by atoms with E-state index in [1.54, 1.807) is 17.1 Å². The normalized spacial score (nSPS) is 28.4. The number of amides is 3. The molecule has 3 fully saturated rings. The number of esters is 1. The number of ether oxygens (including phenoxy) is 2. The first-order valence-electron chi connectivity index (χ1n) is 16.2. The van der Waals surface area contributed by atoms with Gasteiger partial charge in [-0.2, -0.15) is 0 Å². The summed E-state index contributed by atoms with van der Waals surface area (Å²) >= 11 is 3.73. The maximum Gasteiger partial charge on any atom is 0.306 e. The van der Waals surface area contributed by atoms with Crippen molar-refractivity contribution in [2.75, 3.05) is 19.8 Å². The van der Waals surface area contributed by atoms with Crippen LogP contribution in [0.3, 0.4) is 0 Å². The molecule has 1 aromatic rings. The molecule has 3 heterocycles. The second kappa shape index (κ2) is 15.3. The second-order valence-electron chi connectivity index (χ2n) is 12.9. The second-order valence-corrected chi connectivity index (χ2v) is 14.1. The van der Waals surface area contributed by atoms with Gasteiger partial charge in [0.05, 0.1) is 36.6 Å². The predicted molar refractivity (Wildman–Crippen MR) is 178 cm³/mol. The molecule has 0 aliphatic carbocycles. The number of hydrogen-bond donors (Lipinski definition) is 2. The van der Waals surface area contributed by atoms with Crippen molar-refractivity contribution in [3.05, 3.63) is 61.2 Å². The molecule has 252 valence electrons. The van der Waals surface area contributed by atoms with Crippen LogP contribution < -0.4 is 5.32 Å². The van der Waals surface area contributed by atoms with Crippen LogP contribution in [0.2, 0.25) is 0 Å². The number of carbonyl (C=O) groups is 4. The van der Waals surface area contributed by atoms with Gasteiger partial charge in [0.25, 0.3) is 0 Å². The quantitative estimate of drug-likeness (QED) is 0.152. The van der Waals surface area contributed by atoms with E-state index < -0.39 is 53.5 Å². The Balaban J connectivity index is 1.73. The first-order valence-corrected chi connectivity index (χ1v) is 17.2. The van der Waals surface area contributed by atoms with Crippen LogP contribution in [0.1, 0.15) is 65.0 Å². The Kier molecular flexibility index (Phi) is 11.9. The molecule has 1 aromatic carbocycles. The van der Waals surface area contributed by atoms with Crippen LogP contribution >= 0.6 is 15.9 Å². The molecule has 9 atom stereocenters. The molecule has 3 saturated heterocycles. The Hall–Kier alpha value is -3.02.